The zero-order chi connectivity index (χ0) is 18.7. The number of aromatic nitrogens is 1. The Bertz CT molecular complexity index is 926. The van der Waals surface area contributed by atoms with Gasteiger partial charge in [-0.3, -0.25) is 10.1 Å². The van der Waals surface area contributed by atoms with E-state index in [1.807, 2.05) is 24.4 Å². The minimum absolute atomic E-state index is 0.267. The van der Waals surface area contributed by atoms with Gasteiger partial charge in [-0.25, -0.2) is 4.98 Å². The van der Waals surface area contributed by atoms with Crippen LogP contribution in [-0.2, 0) is 4.79 Å². The summed E-state index contributed by atoms with van der Waals surface area (Å²) in [6.45, 7) is 3.57. The number of carbonyl (C=O) groups is 1. The standard InChI is InChI=1S/C19H16Cl2N2O2S/c1-11-9-15(21)7-8-17(11)25-12(2)18(24)23-19-22-16(10-26-19)13-3-5-14(20)6-4-13/h3-10,12H,1-2H3,(H,22,23,24)/t12-/m0/s1. The minimum Gasteiger partial charge on any atom is -0.481 e. The summed E-state index contributed by atoms with van der Waals surface area (Å²) >= 11 is 13.2. The van der Waals surface area contributed by atoms with Gasteiger partial charge in [0.15, 0.2) is 11.2 Å². The van der Waals surface area contributed by atoms with Crippen LogP contribution in [0.4, 0.5) is 5.13 Å². The average Bonchev–Trinajstić information content (AvgIpc) is 3.06. The molecule has 0 bridgehead atoms. The second-order valence-electron chi connectivity index (χ2n) is 5.70. The van der Waals surface area contributed by atoms with Crippen LogP contribution in [0.25, 0.3) is 11.3 Å². The summed E-state index contributed by atoms with van der Waals surface area (Å²) < 4.78 is 5.73. The maximum Gasteiger partial charge on any atom is 0.266 e. The maximum absolute atomic E-state index is 12.4. The van der Waals surface area contributed by atoms with Crippen LogP contribution in [-0.4, -0.2) is 17.0 Å². The fourth-order valence-electron chi connectivity index (χ4n) is 2.28. The van der Waals surface area contributed by atoms with Crippen molar-refractivity contribution in [1.29, 1.82) is 0 Å². The van der Waals surface area contributed by atoms with Crippen molar-refractivity contribution < 1.29 is 9.53 Å². The number of benzene rings is 2. The number of nitrogens with one attached hydrogen (secondary N) is 1. The smallest absolute Gasteiger partial charge is 0.266 e. The lowest BCUT2D eigenvalue weighted by Gasteiger charge is -2.15. The summed E-state index contributed by atoms with van der Waals surface area (Å²) in [5.41, 5.74) is 2.59. The number of hydrogen-bond donors (Lipinski definition) is 1. The Morgan fingerprint density at radius 1 is 1.15 bits per heavy atom. The highest BCUT2D eigenvalue weighted by atomic mass is 35.5. The Kier molecular flexibility index (Phi) is 5.81. The summed E-state index contributed by atoms with van der Waals surface area (Å²) in [6.07, 6.45) is -0.669. The van der Waals surface area contributed by atoms with E-state index in [2.05, 4.69) is 10.3 Å². The van der Waals surface area contributed by atoms with E-state index in [4.69, 9.17) is 27.9 Å². The highest BCUT2D eigenvalue weighted by Crippen LogP contribution is 2.27. The number of nitrogens with zero attached hydrogens (tertiary/aromatic N) is 1. The molecule has 0 radical (unpaired) electrons. The number of amides is 1. The van der Waals surface area contributed by atoms with E-state index >= 15 is 0 Å². The van der Waals surface area contributed by atoms with Gasteiger partial charge in [-0.15, -0.1) is 11.3 Å². The number of halogens is 2. The SMILES string of the molecule is Cc1cc(Cl)ccc1O[C@@H](C)C(=O)Nc1nc(-c2ccc(Cl)cc2)cs1. The zero-order valence-corrected chi connectivity index (χ0v) is 16.5. The molecule has 7 heteroatoms. The third kappa shape index (κ3) is 4.55. The molecule has 1 N–H and O–H groups in total. The fraction of sp³-hybridized carbons (Fsp3) is 0.158. The number of aryl methyl sites for hydroxylation is 1. The number of carbonyl (C=O) groups excluding carboxylic acids is 1. The van der Waals surface area contributed by atoms with Crippen molar-refractivity contribution in [3.05, 3.63) is 63.5 Å². The second-order valence-corrected chi connectivity index (χ2v) is 7.43. The summed E-state index contributed by atoms with van der Waals surface area (Å²) in [4.78, 5) is 16.8. The number of hydrogen-bond acceptors (Lipinski definition) is 4. The Hall–Kier alpha value is -2.08. The largest absolute Gasteiger partial charge is 0.481 e. The molecule has 26 heavy (non-hydrogen) atoms. The first-order valence-electron chi connectivity index (χ1n) is 7.87. The molecule has 0 unspecified atom stereocenters. The van der Waals surface area contributed by atoms with Crippen LogP contribution in [0.2, 0.25) is 10.0 Å². The minimum atomic E-state index is -0.669. The van der Waals surface area contributed by atoms with Crippen LogP contribution in [0, 0.1) is 6.92 Å². The van der Waals surface area contributed by atoms with Crippen LogP contribution in [0.1, 0.15) is 12.5 Å². The first kappa shape index (κ1) is 18.7. The maximum atomic E-state index is 12.4. The summed E-state index contributed by atoms with van der Waals surface area (Å²) in [7, 11) is 0. The molecule has 0 saturated carbocycles. The lowest BCUT2D eigenvalue weighted by atomic mass is 10.2. The molecule has 1 aromatic heterocycles. The molecular formula is C19H16Cl2N2O2S. The molecule has 0 aliphatic heterocycles. The molecule has 0 aliphatic carbocycles. The van der Waals surface area contributed by atoms with Crippen LogP contribution in [0.5, 0.6) is 5.75 Å². The van der Waals surface area contributed by atoms with E-state index in [9.17, 15) is 4.79 Å². The van der Waals surface area contributed by atoms with Crippen molar-refractivity contribution in [2.24, 2.45) is 0 Å². The quantitative estimate of drug-likeness (QED) is 0.579. The molecule has 2 aromatic carbocycles. The van der Waals surface area contributed by atoms with Crippen LogP contribution in [0.15, 0.2) is 47.8 Å². The summed E-state index contributed by atoms with van der Waals surface area (Å²) in [6, 6.07) is 12.7. The number of ether oxygens (including phenoxy) is 1. The van der Waals surface area contributed by atoms with Gasteiger partial charge in [-0.1, -0.05) is 35.3 Å². The molecule has 3 rings (SSSR count). The van der Waals surface area contributed by atoms with Gasteiger partial charge in [0.25, 0.3) is 5.91 Å². The van der Waals surface area contributed by atoms with Gasteiger partial charge in [0.05, 0.1) is 5.69 Å². The lowest BCUT2D eigenvalue weighted by Crippen LogP contribution is -2.30. The molecular weight excluding hydrogens is 391 g/mol. The van der Waals surface area contributed by atoms with Crippen molar-refractivity contribution >= 4 is 45.6 Å². The zero-order valence-electron chi connectivity index (χ0n) is 14.1. The van der Waals surface area contributed by atoms with Crippen molar-refractivity contribution in [2.75, 3.05) is 5.32 Å². The van der Waals surface area contributed by atoms with Crippen LogP contribution >= 0.6 is 34.5 Å². The number of anilines is 1. The molecule has 3 aromatic rings. The van der Waals surface area contributed by atoms with E-state index in [1.54, 1.807) is 37.3 Å². The predicted octanol–water partition coefficient (Wildman–Crippen LogP) is 5.83. The van der Waals surface area contributed by atoms with Gasteiger partial charge in [-0.05, 0) is 49.7 Å². The highest BCUT2D eigenvalue weighted by Gasteiger charge is 2.17. The molecule has 0 spiro atoms. The third-order valence-corrected chi connectivity index (χ3v) is 4.93. The van der Waals surface area contributed by atoms with Gasteiger partial charge in [0, 0.05) is 21.0 Å². The fourth-order valence-corrected chi connectivity index (χ4v) is 3.36. The lowest BCUT2D eigenvalue weighted by molar-refractivity contribution is -0.122. The van der Waals surface area contributed by atoms with E-state index in [1.165, 1.54) is 11.3 Å². The monoisotopic (exact) mass is 406 g/mol. The Labute approximate surface area is 165 Å². The molecule has 1 atom stereocenters. The molecule has 1 amide bonds. The number of thiazole rings is 1. The normalized spacial score (nSPS) is 11.8. The van der Waals surface area contributed by atoms with Crippen molar-refractivity contribution in [2.45, 2.75) is 20.0 Å². The van der Waals surface area contributed by atoms with Gasteiger partial charge >= 0.3 is 0 Å². The molecule has 134 valence electrons. The molecule has 1 heterocycles. The van der Waals surface area contributed by atoms with Gasteiger partial charge in [0.1, 0.15) is 5.75 Å². The second kappa shape index (κ2) is 8.08. The van der Waals surface area contributed by atoms with Gasteiger partial charge in [-0.2, -0.15) is 0 Å². The molecule has 0 fully saturated rings. The van der Waals surface area contributed by atoms with Gasteiger partial charge in [0.2, 0.25) is 0 Å². The van der Waals surface area contributed by atoms with Crippen LogP contribution in [0.3, 0.4) is 0 Å². The van der Waals surface area contributed by atoms with Crippen molar-refractivity contribution in [3.8, 4) is 17.0 Å². The predicted molar refractivity (Wildman–Crippen MR) is 107 cm³/mol. The van der Waals surface area contributed by atoms with Gasteiger partial charge < -0.3 is 4.74 Å². The topological polar surface area (TPSA) is 51.2 Å². The van der Waals surface area contributed by atoms with E-state index in [-0.39, 0.29) is 5.91 Å². The Morgan fingerprint density at radius 2 is 1.85 bits per heavy atom. The molecule has 4 nitrogen and oxygen atoms in total. The Balaban J connectivity index is 1.65. The van der Waals surface area contributed by atoms with Crippen molar-refractivity contribution in [1.82, 2.24) is 4.98 Å². The van der Waals surface area contributed by atoms with Crippen molar-refractivity contribution in [3.63, 3.8) is 0 Å². The third-order valence-electron chi connectivity index (χ3n) is 3.68. The Morgan fingerprint density at radius 3 is 2.54 bits per heavy atom. The van der Waals surface area contributed by atoms with E-state index in [0.29, 0.717) is 20.9 Å². The van der Waals surface area contributed by atoms with Crippen LogP contribution < -0.4 is 10.1 Å². The average molecular weight is 407 g/mol. The number of rotatable bonds is 5. The first-order chi connectivity index (χ1) is 12.4. The van der Waals surface area contributed by atoms with E-state index < -0.39 is 6.10 Å². The molecule has 0 saturated heterocycles. The summed E-state index contributed by atoms with van der Waals surface area (Å²) in [5.74, 6) is 0.356. The highest BCUT2D eigenvalue weighted by molar-refractivity contribution is 7.14. The van der Waals surface area contributed by atoms with E-state index in [0.717, 1.165) is 16.8 Å². The first-order valence-corrected chi connectivity index (χ1v) is 9.51. The summed E-state index contributed by atoms with van der Waals surface area (Å²) in [5, 5.41) is 6.48. The molecule has 0 aliphatic rings.